The lowest BCUT2D eigenvalue weighted by atomic mass is 10.1. The number of primary amides is 2. The number of hydrogen-bond acceptors (Lipinski definition) is 15. The maximum absolute atomic E-state index is 12.0. The van der Waals surface area contributed by atoms with Gasteiger partial charge in [0.25, 0.3) is 22.9 Å². The Bertz CT molecular complexity index is 2400. The predicted octanol–water partition coefficient (Wildman–Crippen LogP) is 2.01. The van der Waals surface area contributed by atoms with Gasteiger partial charge in [0.1, 0.15) is 11.4 Å². The fourth-order valence-corrected chi connectivity index (χ4v) is 5.19. The molecule has 0 saturated heterocycles. The van der Waals surface area contributed by atoms with Crippen molar-refractivity contribution in [1.82, 2.24) is 49.7 Å². The molecule has 0 fully saturated rings. The van der Waals surface area contributed by atoms with E-state index in [9.17, 15) is 19.2 Å². The van der Waals surface area contributed by atoms with E-state index in [-0.39, 0.29) is 35.7 Å². The van der Waals surface area contributed by atoms with E-state index in [1.165, 1.54) is 28.9 Å². The normalized spacial score (nSPS) is 10.6. The molecular formula is C42H50N12O7. The molecule has 19 heteroatoms. The predicted molar refractivity (Wildman–Crippen MR) is 228 cm³/mol. The molecule has 4 aromatic heterocycles. The minimum atomic E-state index is -0.685. The number of aliphatic hydroxyl groups is 1. The third kappa shape index (κ3) is 16.2. The molecule has 320 valence electrons. The molecule has 0 aliphatic carbocycles. The van der Waals surface area contributed by atoms with Gasteiger partial charge in [-0.3, -0.25) is 19.2 Å². The Labute approximate surface area is 352 Å². The molecule has 6 rings (SSSR count). The van der Waals surface area contributed by atoms with E-state index >= 15 is 0 Å². The lowest BCUT2D eigenvalue weighted by Gasteiger charge is -2.10. The maximum Gasteiger partial charge on any atom is 0.269 e. The van der Waals surface area contributed by atoms with E-state index in [0.29, 0.717) is 36.4 Å². The first-order chi connectivity index (χ1) is 29.3. The van der Waals surface area contributed by atoms with Gasteiger partial charge in [0.15, 0.2) is 23.1 Å². The quantitative estimate of drug-likeness (QED) is 0.0958. The fraction of sp³-hybridized carbons (Fsp3) is 0.286. The van der Waals surface area contributed by atoms with Crippen LogP contribution in [0.5, 0.6) is 11.5 Å². The van der Waals surface area contributed by atoms with E-state index in [4.69, 9.17) is 26.0 Å². The van der Waals surface area contributed by atoms with Crippen LogP contribution in [0.2, 0.25) is 0 Å². The van der Waals surface area contributed by atoms with Gasteiger partial charge in [0.2, 0.25) is 0 Å². The molecule has 2 amide bonds. The zero-order valence-corrected chi connectivity index (χ0v) is 34.5. The highest BCUT2D eigenvalue weighted by molar-refractivity contribution is 5.90. The first-order valence-electron chi connectivity index (χ1n) is 19.0. The molecule has 0 unspecified atom stereocenters. The molecule has 19 nitrogen and oxygen atoms in total. The number of aliphatic hydroxyl groups excluding tert-OH is 1. The number of nitrogens with two attached hydrogens (primary N) is 2. The lowest BCUT2D eigenvalue weighted by molar-refractivity contribution is 0.0985. The van der Waals surface area contributed by atoms with Gasteiger partial charge in [-0.05, 0) is 76.4 Å². The first-order valence-corrected chi connectivity index (χ1v) is 19.0. The smallest absolute Gasteiger partial charge is 0.269 e. The summed E-state index contributed by atoms with van der Waals surface area (Å²) in [5, 5.41) is 18.6. The second-order valence-electron chi connectivity index (χ2n) is 13.8. The summed E-state index contributed by atoms with van der Waals surface area (Å²) in [6.45, 7) is 3.41. The Hall–Kier alpha value is -7.22. The van der Waals surface area contributed by atoms with Crippen molar-refractivity contribution in [1.29, 1.82) is 0 Å². The van der Waals surface area contributed by atoms with Crippen molar-refractivity contribution in [3.05, 3.63) is 141 Å². The Morgan fingerprint density at radius 3 is 1.64 bits per heavy atom. The van der Waals surface area contributed by atoms with Crippen LogP contribution in [0, 0.1) is 0 Å². The van der Waals surface area contributed by atoms with Gasteiger partial charge in [-0.25, -0.2) is 29.7 Å². The molecule has 0 atom stereocenters. The van der Waals surface area contributed by atoms with Crippen molar-refractivity contribution in [2.24, 2.45) is 11.5 Å². The van der Waals surface area contributed by atoms with Crippen molar-refractivity contribution in [3.63, 3.8) is 0 Å². The van der Waals surface area contributed by atoms with E-state index in [2.05, 4.69) is 45.0 Å². The number of benzene rings is 2. The average molecular weight is 835 g/mol. The van der Waals surface area contributed by atoms with Crippen molar-refractivity contribution >= 4 is 11.8 Å². The molecule has 6 aromatic rings. The SMILES string of the molecule is CN(C)CCCOc1cnc(-c2cccc(CO)c2)nc1.CN(C)CCCOc1cnc(-c2cccc(Cn3nc(C(N)=O)ccc3=O)c2)nc1.NC(=O)c1ccc(=O)[nH]n1. The summed E-state index contributed by atoms with van der Waals surface area (Å²) in [7, 11) is 8.12. The van der Waals surface area contributed by atoms with Crippen LogP contribution in [0.25, 0.3) is 22.8 Å². The number of nitrogens with one attached hydrogen (secondary N) is 1. The number of nitrogens with zero attached hydrogens (tertiary/aromatic N) is 9. The Morgan fingerprint density at radius 2 is 1.18 bits per heavy atom. The molecule has 0 spiro atoms. The molecule has 0 aliphatic heterocycles. The second kappa shape index (κ2) is 24.0. The highest BCUT2D eigenvalue weighted by Gasteiger charge is 2.09. The minimum absolute atomic E-state index is 0.0148. The summed E-state index contributed by atoms with van der Waals surface area (Å²) in [6.07, 6.45) is 8.54. The minimum Gasteiger partial charge on any atom is -0.490 e. The number of hydrogen-bond donors (Lipinski definition) is 4. The van der Waals surface area contributed by atoms with Crippen molar-refractivity contribution < 1.29 is 24.2 Å². The van der Waals surface area contributed by atoms with E-state index in [1.807, 2.05) is 76.7 Å². The third-order valence-corrected chi connectivity index (χ3v) is 8.23. The number of aromatic nitrogens is 8. The standard InChI is InChI=1S/C21H24N6O3.C16H21N3O2.C5H5N3O2/c1-26(2)9-4-10-30-17-12-23-21(24-13-17)16-6-3-5-15(11-16)14-27-19(28)8-7-18(25-27)20(22)29;1-19(2)7-4-8-21-15-10-17-16(18-11-15)14-6-3-5-13(9-14)12-20;6-5(10)3-1-2-4(9)8-7-3/h3,5-8,11-13H,4,9-10,14H2,1-2H3,(H2,22,29);3,5-6,9-11,20H,4,7-8,12H2,1-2H3;1-2H,(H2,6,10)(H,8,9). The van der Waals surface area contributed by atoms with Gasteiger partial charge < -0.3 is 35.8 Å². The zero-order valence-electron chi connectivity index (χ0n) is 34.5. The van der Waals surface area contributed by atoms with Crippen LogP contribution < -0.4 is 32.1 Å². The first kappa shape index (κ1) is 46.5. The number of amides is 2. The number of carbonyl (C=O) groups is 2. The summed E-state index contributed by atoms with van der Waals surface area (Å²) >= 11 is 0. The van der Waals surface area contributed by atoms with Crippen LogP contribution in [0.15, 0.2) is 107 Å². The average Bonchev–Trinajstić information content (AvgIpc) is 3.25. The van der Waals surface area contributed by atoms with Gasteiger partial charge in [0, 0.05) is 36.3 Å². The molecule has 0 bridgehead atoms. The van der Waals surface area contributed by atoms with Crippen LogP contribution in [0.1, 0.15) is 44.9 Å². The zero-order chi connectivity index (χ0) is 44.1. The molecule has 0 radical (unpaired) electrons. The number of rotatable bonds is 17. The number of carbonyl (C=O) groups excluding carboxylic acids is 2. The van der Waals surface area contributed by atoms with Crippen molar-refractivity contribution in [2.45, 2.75) is 26.0 Å². The second-order valence-corrected chi connectivity index (χ2v) is 13.8. The molecule has 4 heterocycles. The highest BCUT2D eigenvalue weighted by Crippen LogP contribution is 2.20. The summed E-state index contributed by atoms with van der Waals surface area (Å²) < 4.78 is 12.5. The van der Waals surface area contributed by atoms with Gasteiger partial charge in [-0.1, -0.05) is 36.4 Å². The Morgan fingerprint density at radius 1 is 0.689 bits per heavy atom. The summed E-state index contributed by atoms with van der Waals surface area (Å²) in [6, 6.07) is 20.1. The van der Waals surface area contributed by atoms with Crippen LogP contribution in [0.4, 0.5) is 0 Å². The van der Waals surface area contributed by atoms with Gasteiger partial charge >= 0.3 is 0 Å². The monoisotopic (exact) mass is 834 g/mol. The van der Waals surface area contributed by atoms with E-state index in [0.717, 1.165) is 48.2 Å². The largest absolute Gasteiger partial charge is 0.490 e. The molecule has 61 heavy (non-hydrogen) atoms. The fourth-order valence-electron chi connectivity index (χ4n) is 5.19. The van der Waals surface area contributed by atoms with Crippen molar-refractivity contribution in [3.8, 4) is 34.3 Å². The van der Waals surface area contributed by atoms with Gasteiger partial charge in [-0.15, -0.1) is 0 Å². The van der Waals surface area contributed by atoms with E-state index in [1.54, 1.807) is 24.8 Å². The van der Waals surface area contributed by atoms with Gasteiger partial charge in [-0.2, -0.15) is 10.2 Å². The van der Waals surface area contributed by atoms with Crippen LogP contribution in [-0.2, 0) is 13.2 Å². The molecular weight excluding hydrogens is 785 g/mol. The van der Waals surface area contributed by atoms with Gasteiger partial charge in [0.05, 0.1) is 51.2 Å². The van der Waals surface area contributed by atoms with Crippen molar-refractivity contribution in [2.75, 3.05) is 54.5 Å². The highest BCUT2D eigenvalue weighted by atomic mass is 16.5. The third-order valence-electron chi connectivity index (χ3n) is 8.23. The molecule has 6 N–H and O–H groups in total. The van der Waals surface area contributed by atoms with Crippen LogP contribution in [-0.4, -0.2) is 121 Å². The molecule has 2 aromatic carbocycles. The van der Waals surface area contributed by atoms with Crippen LogP contribution in [0.3, 0.4) is 0 Å². The summed E-state index contributed by atoms with van der Waals surface area (Å²) in [4.78, 5) is 65.7. The van der Waals surface area contributed by atoms with Crippen LogP contribution >= 0.6 is 0 Å². The molecule has 0 aliphatic rings. The summed E-state index contributed by atoms with van der Waals surface area (Å²) in [5.41, 5.74) is 12.8. The summed E-state index contributed by atoms with van der Waals surface area (Å²) in [5.74, 6) is 1.13. The maximum atomic E-state index is 12.0. The Kier molecular flexibility index (Phi) is 18.3. The number of aromatic amines is 1. The molecule has 0 saturated carbocycles. The topological polar surface area (TPSA) is 264 Å². The number of H-pyrrole nitrogens is 1. The van der Waals surface area contributed by atoms with E-state index < -0.39 is 11.8 Å². The Balaban J connectivity index is 0.000000228. The number of ether oxygens (including phenoxy) is 2. The lowest BCUT2D eigenvalue weighted by Crippen LogP contribution is -2.26.